The third kappa shape index (κ3) is 2.14. The molecule has 2 heterocycles. The summed E-state index contributed by atoms with van der Waals surface area (Å²) in [5, 5.41) is 1.97. The highest BCUT2D eigenvalue weighted by atomic mass is 79.9. The van der Waals surface area contributed by atoms with Crippen LogP contribution in [0.1, 0.15) is 0 Å². The number of anilines is 1. The monoisotopic (exact) mass is 334 g/mol. The molecule has 0 aliphatic carbocycles. The lowest BCUT2D eigenvalue weighted by molar-refractivity contribution is -0.509. The molecule has 3 aromatic rings. The van der Waals surface area contributed by atoms with E-state index in [1.807, 2.05) is 47.1 Å². The van der Waals surface area contributed by atoms with Gasteiger partial charge in [0.2, 0.25) is 5.52 Å². The van der Waals surface area contributed by atoms with Crippen molar-refractivity contribution < 1.29 is 30.9 Å². The highest BCUT2D eigenvalue weighted by Gasteiger charge is 2.14. The topological polar surface area (TPSA) is 48.6 Å². The number of nitrogen functional groups attached to an aromatic ring is 1. The molecule has 3 rings (SSSR count). The van der Waals surface area contributed by atoms with Crippen molar-refractivity contribution in [2.45, 2.75) is 0 Å². The Labute approximate surface area is 127 Å². The maximum Gasteiger partial charge on any atom is 0.234 e. The minimum atomic E-state index is 0. The number of aromatic nitrogens is 1. The number of fused-ring (bicyclic) bond motifs is 2. The molecule has 0 unspecified atom stereocenters. The molecule has 4 nitrogen and oxygen atoms in total. The van der Waals surface area contributed by atoms with Gasteiger partial charge in [-0.15, -0.1) is 0 Å². The van der Waals surface area contributed by atoms with Gasteiger partial charge in [0.1, 0.15) is 5.69 Å². The number of hydrogen-bond donors (Lipinski definition) is 1. The number of hydrogen-bond acceptors (Lipinski definition) is 3. The summed E-state index contributed by atoms with van der Waals surface area (Å²) in [7, 11) is 3.25. The number of pyridine rings is 2. The van der Waals surface area contributed by atoms with Crippen molar-refractivity contribution in [1.29, 1.82) is 0 Å². The Bertz CT molecular complexity index is 775. The smallest absolute Gasteiger partial charge is 0.234 e. The predicted octanol–water partition coefficient (Wildman–Crippen LogP) is -0.818. The summed E-state index contributed by atoms with van der Waals surface area (Å²) in [5.41, 5.74) is 7.96. The number of nitrogens with two attached hydrogens (primary N) is 1. The van der Waals surface area contributed by atoms with Crippen LogP contribution in [-0.4, -0.2) is 14.2 Å². The molecule has 0 fully saturated rings. The minimum Gasteiger partial charge on any atom is -1.00 e. The lowest BCUT2D eigenvalue weighted by atomic mass is 10.1. The van der Waals surface area contributed by atoms with Gasteiger partial charge in [-0.2, -0.15) is 4.40 Å². The lowest BCUT2D eigenvalue weighted by Crippen LogP contribution is -3.00. The Balaban J connectivity index is 0.00000147. The Morgan fingerprint density at radius 2 is 1.75 bits per heavy atom. The van der Waals surface area contributed by atoms with Crippen LogP contribution in [0.25, 0.3) is 16.3 Å². The SMILES string of the molecule is COc1cc2c[n+]3ccccc3c(N)c2cc1OC.[Br-]. The van der Waals surface area contributed by atoms with Gasteiger partial charge in [-0.3, -0.25) is 0 Å². The molecule has 5 heteroatoms. The molecule has 2 N–H and O–H groups in total. The van der Waals surface area contributed by atoms with Gasteiger partial charge in [-0.25, -0.2) is 0 Å². The van der Waals surface area contributed by atoms with Crippen molar-refractivity contribution in [2.75, 3.05) is 20.0 Å². The van der Waals surface area contributed by atoms with Crippen molar-refractivity contribution >= 4 is 22.0 Å². The summed E-state index contributed by atoms with van der Waals surface area (Å²) in [5.74, 6) is 1.38. The van der Waals surface area contributed by atoms with Crippen molar-refractivity contribution in [3.63, 3.8) is 0 Å². The van der Waals surface area contributed by atoms with E-state index < -0.39 is 0 Å². The van der Waals surface area contributed by atoms with Gasteiger partial charge in [0.05, 0.1) is 19.6 Å². The molecule has 0 bridgehead atoms. The summed E-state index contributed by atoms with van der Waals surface area (Å²) in [6.07, 6.45) is 4.00. The first kappa shape index (κ1) is 14.4. The first-order valence-corrected chi connectivity index (χ1v) is 5.99. The van der Waals surface area contributed by atoms with Crippen LogP contribution in [0.4, 0.5) is 5.69 Å². The van der Waals surface area contributed by atoms with Gasteiger partial charge in [0.25, 0.3) is 0 Å². The standard InChI is InChI=1S/C15H15N2O2.BrH/c1-18-13-7-10-9-17-6-4-3-5-12(17)15(16)11(10)8-14(13)19-2;/h3-9H,16H2,1-2H3;1H/q+1;/p-1. The highest BCUT2D eigenvalue weighted by Crippen LogP contribution is 2.34. The van der Waals surface area contributed by atoms with Crippen molar-refractivity contribution in [2.24, 2.45) is 0 Å². The van der Waals surface area contributed by atoms with Gasteiger partial charge in [0.15, 0.2) is 23.9 Å². The summed E-state index contributed by atoms with van der Waals surface area (Å²) in [4.78, 5) is 0. The molecule has 0 aliphatic heterocycles. The number of halogens is 1. The number of benzene rings is 1. The van der Waals surface area contributed by atoms with E-state index in [1.54, 1.807) is 14.2 Å². The van der Waals surface area contributed by atoms with Gasteiger partial charge >= 0.3 is 0 Å². The first-order chi connectivity index (χ1) is 9.24. The zero-order valence-corrected chi connectivity index (χ0v) is 12.8. The molecule has 0 radical (unpaired) electrons. The van der Waals surface area contributed by atoms with Gasteiger partial charge < -0.3 is 32.2 Å². The molecule has 0 aliphatic rings. The van der Waals surface area contributed by atoms with Crippen molar-refractivity contribution in [1.82, 2.24) is 0 Å². The van der Waals surface area contributed by atoms with E-state index >= 15 is 0 Å². The van der Waals surface area contributed by atoms with Gasteiger partial charge in [-0.1, -0.05) is 0 Å². The van der Waals surface area contributed by atoms with Crippen LogP contribution < -0.4 is 36.6 Å². The van der Waals surface area contributed by atoms with E-state index in [0.29, 0.717) is 11.5 Å². The van der Waals surface area contributed by atoms with Crippen LogP contribution in [0.3, 0.4) is 0 Å². The molecule has 104 valence electrons. The quantitative estimate of drug-likeness (QED) is 0.492. The number of rotatable bonds is 2. The van der Waals surface area contributed by atoms with Gasteiger partial charge in [-0.05, 0) is 18.2 Å². The molecular weight excluding hydrogens is 320 g/mol. The first-order valence-electron chi connectivity index (χ1n) is 5.99. The van der Waals surface area contributed by atoms with E-state index in [9.17, 15) is 0 Å². The average molecular weight is 335 g/mol. The van der Waals surface area contributed by atoms with Crippen molar-refractivity contribution in [3.05, 3.63) is 42.7 Å². The molecule has 20 heavy (non-hydrogen) atoms. The van der Waals surface area contributed by atoms with E-state index in [2.05, 4.69) is 0 Å². The van der Waals surface area contributed by atoms with Crippen LogP contribution in [0, 0.1) is 0 Å². The van der Waals surface area contributed by atoms with Crippen LogP contribution in [0.15, 0.2) is 42.7 Å². The number of methoxy groups -OCH3 is 2. The van der Waals surface area contributed by atoms with E-state index in [4.69, 9.17) is 15.2 Å². The largest absolute Gasteiger partial charge is 1.00 e. The maximum atomic E-state index is 6.25. The molecule has 0 saturated heterocycles. The second-order valence-corrected chi connectivity index (χ2v) is 4.33. The maximum absolute atomic E-state index is 6.25. The number of ether oxygens (including phenoxy) is 2. The molecule has 0 atom stereocenters. The minimum absolute atomic E-state index is 0. The third-order valence-corrected chi connectivity index (χ3v) is 3.29. The summed E-state index contributed by atoms with van der Waals surface area (Å²) >= 11 is 0. The Hall–Kier alpha value is -2.01. The molecule has 0 spiro atoms. The zero-order chi connectivity index (χ0) is 13.4. The number of nitrogens with zero attached hydrogens (tertiary/aromatic N) is 1. The molecular formula is C15H15BrN2O2. The lowest BCUT2D eigenvalue weighted by Gasteiger charge is -2.09. The Morgan fingerprint density at radius 3 is 2.45 bits per heavy atom. The fraction of sp³-hybridized carbons (Fsp3) is 0.133. The summed E-state index contributed by atoms with van der Waals surface area (Å²) in [6.45, 7) is 0. The van der Waals surface area contributed by atoms with Crippen LogP contribution >= 0.6 is 0 Å². The molecule has 1 aromatic carbocycles. The highest BCUT2D eigenvalue weighted by molar-refractivity contribution is 5.99. The van der Waals surface area contributed by atoms with Crippen molar-refractivity contribution in [3.8, 4) is 11.5 Å². The normalized spacial score (nSPS) is 10.3. The average Bonchev–Trinajstić information content (AvgIpc) is 2.46. The van der Waals surface area contributed by atoms with E-state index in [0.717, 1.165) is 22.0 Å². The van der Waals surface area contributed by atoms with Crippen LogP contribution in [-0.2, 0) is 0 Å². The fourth-order valence-electron chi connectivity index (χ4n) is 2.32. The molecule has 2 aromatic heterocycles. The van der Waals surface area contributed by atoms with E-state index in [-0.39, 0.29) is 17.0 Å². The zero-order valence-electron chi connectivity index (χ0n) is 11.3. The van der Waals surface area contributed by atoms with Crippen LogP contribution in [0.2, 0.25) is 0 Å². The second kappa shape index (κ2) is 5.54. The molecule has 0 amide bonds. The molecule has 0 saturated carbocycles. The van der Waals surface area contributed by atoms with Gasteiger partial charge in [0, 0.05) is 17.5 Å². The second-order valence-electron chi connectivity index (χ2n) is 4.33. The van der Waals surface area contributed by atoms with E-state index in [1.165, 1.54) is 0 Å². The third-order valence-electron chi connectivity index (χ3n) is 3.29. The Kier molecular flexibility index (Phi) is 3.99. The summed E-state index contributed by atoms with van der Waals surface area (Å²) < 4.78 is 12.6. The summed E-state index contributed by atoms with van der Waals surface area (Å²) in [6, 6.07) is 9.78. The fourth-order valence-corrected chi connectivity index (χ4v) is 2.32. The van der Waals surface area contributed by atoms with Crippen LogP contribution in [0.5, 0.6) is 11.5 Å². The Morgan fingerprint density at radius 1 is 1.05 bits per heavy atom. The predicted molar refractivity (Wildman–Crippen MR) is 74.6 cm³/mol.